The Bertz CT molecular complexity index is 797. The molecule has 1 N–H and O–H groups in total. The molecule has 24 heavy (non-hydrogen) atoms. The molecule has 0 aliphatic rings. The molecule has 1 unspecified atom stereocenters. The molecule has 3 rings (SSSR count). The molecule has 0 amide bonds. The van der Waals surface area contributed by atoms with Crippen LogP contribution in [0.4, 0.5) is 13.2 Å². The molecule has 0 aliphatic carbocycles. The van der Waals surface area contributed by atoms with Crippen LogP contribution < -0.4 is 0 Å². The number of hydrogen-bond acceptors (Lipinski definition) is 4. The van der Waals surface area contributed by atoms with Gasteiger partial charge in [-0.2, -0.15) is 13.2 Å². The van der Waals surface area contributed by atoms with Gasteiger partial charge in [0.2, 0.25) is 5.82 Å². The Morgan fingerprint density at radius 2 is 2.00 bits per heavy atom. The van der Waals surface area contributed by atoms with Crippen LogP contribution in [-0.2, 0) is 24.1 Å². The number of halogens is 3. The first kappa shape index (κ1) is 16.5. The second-order valence-corrected chi connectivity index (χ2v) is 5.28. The zero-order valence-corrected chi connectivity index (χ0v) is 12.5. The first-order valence-corrected chi connectivity index (χ1v) is 7.26. The summed E-state index contributed by atoms with van der Waals surface area (Å²) in [5.41, 5.74) is 0.545. The molecular weight excluding hydrogens is 325 g/mol. The molecule has 3 aromatic rings. The van der Waals surface area contributed by atoms with E-state index in [1.165, 1.54) is 18.4 Å². The van der Waals surface area contributed by atoms with Crippen LogP contribution in [0.25, 0.3) is 11.0 Å². The normalized spacial score (nSPS) is 13.5. The molecule has 0 saturated carbocycles. The predicted molar refractivity (Wildman–Crippen MR) is 79.1 cm³/mol. The zero-order chi connectivity index (χ0) is 17.2. The van der Waals surface area contributed by atoms with E-state index in [0.29, 0.717) is 11.3 Å². The molecule has 0 spiro atoms. The largest absolute Gasteiger partial charge is 0.467 e. The molecule has 0 fully saturated rings. The maximum absolute atomic E-state index is 13.2. The number of benzene rings is 1. The summed E-state index contributed by atoms with van der Waals surface area (Å²) < 4.78 is 50.8. The second-order valence-electron chi connectivity index (χ2n) is 5.28. The summed E-state index contributed by atoms with van der Waals surface area (Å²) in [5.74, 6) is -0.458. The fourth-order valence-corrected chi connectivity index (χ4v) is 2.43. The van der Waals surface area contributed by atoms with E-state index >= 15 is 0 Å². The van der Waals surface area contributed by atoms with Crippen molar-refractivity contribution in [1.82, 2.24) is 9.55 Å². The summed E-state index contributed by atoms with van der Waals surface area (Å²) in [5, 5.41) is 10.0. The van der Waals surface area contributed by atoms with E-state index in [-0.39, 0.29) is 25.3 Å². The third kappa shape index (κ3) is 3.60. The highest BCUT2D eigenvalue weighted by Gasteiger charge is 2.37. The number of rotatable bonds is 6. The van der Waals surface area contributed by atoms with Crippen LogP contribution in [0.2, 0.25) is 0 Å². The summed E-state index contributed by atoms with van der Waals surface area (Å²) in [4.78, 5) is 3.63. The second kappa shape index (κ2) is 6.66. The van der Waals surface area contributed by atoms with E-state index in [2.05, 4.69) is 4.98 Å². The van der Waals surface area contributed by atoms with Crippen LogP contribution in [0.15, 0.2) is 47.1 Å². The van der Waals surface area contributed by atoms with Gasteiger partial charge in [0.15, 0.2) is 0 Å². The average Bonchev–Trinajstić information content (AvgIpc) is 3.15. The minimum absolute atomic E-state index is 0.121. The molecule has 128 valence electrons. The first-order chi connectivity index (χ1) is 11.4. The SMILES string of the molecule is OC(COCc1ccco1)Cn1c(C(F)(F)F)nc2ccccc21. The van der Waals surface area contributed by atoms with Gasteiger partial charge in [-0.3, -0.25) is 0 Å². The minimum Gasteiger partial charge on any atom is -0.467 e. The van der Waals surface area contributed by atoms with Gasteiger partial charge in [0.1, 0.15) is 12.4 Å². The Kier molecular flexibility index (Phi) is 4.59. The van der Waals surface area contributed by atoms with Crippen LogP contribution in [0.1, 0.15) is 11.6 Å². The highest BCUT2D eigenvalue weighted by Crippen LogP contribution is 2.31. The number of alkyl halides is 3. The van der Waals surface area contributed by atoms with Crippen LogP contribution in [0.3, 0.4) is 0 Å². The van der Waals surface area contributed by atoms with Gasteiger partial charge in [-0.05, 0) is 24.3 Å². The molecule has 8 heteroatoms. The number of aliphatic hydroxyl groups is 1. The Hall–Kier alpha value is -2.32. The van der Waals surface area contributed by atoms with Crippen LogP contribution in [-0.4, -0.2) is 27.4 Å². The lowest BCUT2D eigenvalue weighted by Crippen LogP contribution is -2.25. The molecule has 1 atom stereocenters. The van der Waals surface area contributed by atoms with Gasteiger partial charge in [0, 0.05) is 0 Å². The van der Waals surface area contributed by atoms with Gasteiger partial charge in [-0.25, -0.2) is 4.98 Å². The van der Waals surface area contributed by atoms with Crippen molar-refractivity contribution in [3.8, 4) is 0 Å². The Balaban J connectivity index is 1.73. The quantitative estimate of drug-likeness (QED) is 0.748. The predicted octanol–water partition coefficient (Wildman–Crippen LogP) is 3.23. The summed E-state index contributed by atoms with van der Waals surface area (Å²) in [7, 11) is 0. The van der Waals surface area contributed by atoms with Crippen molar-refractivity contribution >= 4 is 11.0 Å². The first-order valence-electron chi connectivity index (χ1n) is 7.26. The van der Waals surface area contributed by atoms with Gasteiger partial charge < -0.3 is 18.8 Å². The number of nitrogens with zero attached hydrogens (tertiary/aromatic N) is 2. The molecule has 0 bridgehead atoms. The van der Waals surface area contributed by atoms with Crippen molar-refractivity contribution in [2.75, 3.05) is 6.61 Å². The molecule has 5 nitrogen and oxygen atoms in total. The maximum atomic E-state index is 13.2. The van der Waals surface area contributed by atoms with E-state index in [1.54, 1.807) is 24.3 Å². The van der Waals surface area contributed by atoms with Crippen LogP contribution in [0, 0.1) is 0 Å². The van der Waals surface area contributed by atoms with Crippen molar-refractivity contribution in [3.05, 3.63) is 54.2 Å². The number of hydrogen-bond donors (Lipinski definition) is 1. The number of aliphatic hydroxyl groups excluding tert-OH is 1. The molecule has 0 radical (unpaired) electrons. The van der Waals surface area contributed by atoms with E-state index in [0.717, 1.165) is 4.57 Å². The third-order valence-electron chi connectivity index (χ3n) is 3.44. The fraction of sp³-hybridized carbons (Fsp3) is 0.312. The standard InChI is InChI=1S/C16H15F3N2O3/c17-16(18,19)15-20-13-5-1-2-6-14(13)21(15)8-11(22)9-23-10-12-4-3-7-24-12/h1-7,11,22H,8-10H2. The van der Waals surface area contributed by atoms with Crippen LogP contribution in [0.5, 0.6) is 0 Å². The van der Waals surface area contributed by atoms with E-state index in [4.69, 9.17) is 9.15 Å². The van der Waals surface area contributed by atoms with E-state index in [9.17, 15) is 18.3 Å². The molecular formula is C16H15F3N2O3. The Morgan fingerprint density at radius 3 is 2.71 bits per heavy atom. The summed E-state index contributed by atoms with van der Waals surface area (Å²) in [6, 6.07) is 9.68. The summed E-state index contributed by atoms with van der Waals surface area (Å²) in [6.45, 7) is -0.251. The lowest BCUT2D eigenvalue weighted by atomic mass is 10.3. The Labute approximate surface area is 135 Å². The van der Waals surface area contributed by atoms with E-state index < -0.39 is 18.1 Å². The lowest BCUT2D eigenvalue weighted by molar-refractivity contribution is -0.147. The molecule has 2 aromatic heterocycles. The van der Waals surface area contributed by atoms with E-state index in [1.807, 2.05) is 0 Å². The van der Waals surface area contributed by atoms with Gasteiger partial charge in [-0.15, -0.1) is 0 Å². The molecule has 1 aromatic carbocycles. The average molecular weight is 340 g/mol. The van der Waals surface area contributed by atoms with Crippen LogP contribution >= 0.6 is 0 Å². The van der Waals surface area contributed by atoms with Crippen molar-refractivity contribution in [3.63, 3.8) is 0 Å². The molecule has 0 aliphatic heterocycles. The fourth-order valence-electron chi connectivity index (χ4n) is 2.43. The smallest absolute Gasteiger partial charge is 0.449 e. The van der Waals surface area contributed by atoms with Gasteiger partial charge in [0.25, 0.3) is 0 Å². The Morgan fingerprint density at radius 1 is 1.21 bits per heavy atom. The van der Waals surface area contributed by atoms with Gasteiger partial charge in [-0.1, -0.05) is 12.1 Å². The highest BCUT2D eigenvalue weighted by atomic mass is 19.4. The number of imidazole rings is 1. The number of fused-ring (bicyclic) bond motifs is 1. The monoisotopic (exact) mass is 340 g/mol. The third-order valence-corrected chi connectivity index (χ3v) is 3.44. The molecule has 0 saturated heterocycles. The minimum atomic E-state index is -4.60. The van der Waals surface area contributed by atoms with Crippen molar-refractivity contribution in [1.29, 1.82) is 0 Å². The number of ether oxygens (including phenoxy) is 1. The lowest BCUT2D eigenvalue weighted by Gasteiger charge is -2.15. The maximum Gasteiger partial charge on any atom is 0.449 e. The van der Waals surface area contributed by atoms with Crippen molar-refractivity contribution in [2.24, 2.45) is 0 Å². The van der Waals surface area contributed by atoms with Crippen molar-refractivity contribution < 1.29 is 27.4 Å². The number of furan rings is 1. The van der Waals surface area contributed by atoms with Gasteiger partial charge >= 0.3 is 6.18 Å². The van der Waals surface area contributed by atoms with Crippen molar-refractivity contribution in [2.45, 2.75) is 25.4 Å². The number of aromatic nitrogens is 2. The number of para-hydroxylation sites is 2. The summed E-state index contributed by atoms with van der Waals surface area (Å²) in [6.07, 6.45) is -4.23. The topological polar surface area (TPSA) is 60.4 Å². The zero-order valence-electron chi connectivity index (χ0n) is 12.5. The summed E-state index contributed by atoms with van der Waals surface area (Å²) >= 11 is 0. The van der Waals surface area contributed by atoms with Gasteiger partial charge in [0.05, 0.1) is 36.6 Å². The molecule has 2 heterocycles. The highest BCUT2D eigenvalue weighted by molar-refractivity contribution is 5.76.